The molecule has 0 bridgehead atoms. The number of amides is 1. The molecule has 0 aromatic carbocycles. The first kappa shape index (κ1) is 14.8. The van der Waals surface area contributed by atoms with Gasteiger partial charge in [0.2, 0.25) is 5.91 Å². The number of nitrogens with one attached hydrogen (secondary N) is 1. The fraction of sp³-hybridized carbons (Fsp3) is 0.562. The van der Waals surface area contributed by atoms with Gasteiger partial charge in [0.1, 0.15) is 17.0 Å². The van der Waals surface area contributed by atoms with Crippen LogP contribution in [0, 0.1) is 5.92 Å². The summed E-state index contributed by atoms with van der Waals surface area (Å²) in [4.78, 5) is 26.2. The van der Waals surface area contributed by atoms with Gasteiger partial charge < -0.3 is 15.1 Å². The third kappa shape index (κ3) is 3.30. The summed E-state index contributed by atoms with van der Waals surface area (Å²) >= 11 is 1.64. The van der Waals surface area contributed by atoms with Crippen LogP contribution in [-0.2, 0) is 4.79 Å². The second-order valence-corrected chi connectivity index (χ2v) is 7.17. The van der Waals surface area contributed by atoms with Crippen molar-refractivity contribution in [3.8, 4) is 0 Å². The van der Waals surface area contributed by atoms with Crippen LogP contribution in [0.25, 0.3) is 10.2 Å². The van der Waals surface area contributed by atoms with E-state index in [0.29, 0.717) is 6.54 Å². The van der Waals surface area contributed by atoms with Gasteiger partial charge in [-0.05, 0) is 36.8 Å². The van der Waals surface area contributed by atoms with Crippen molar-refractivity contribution in [2.75, 3.05) is 44.2 Å². The lowest BCUT2D eigenvalue weighted by Gasteiger charge is -2.35. The first-order valence-corrected chi connectivity index (χ1v) is 9.11. The summed E-state index contributed by atoms with van der Waals surface area (Å²) in [6.07, 6.45) is 4.26. The molecule has 2 aliphatic rings. The highest BCUT2D eigenvalue weighted by Crippen LogP contribution is 2.28. The molecule has 7 heteroatoms. The van der Waals surface area contributed by atoms with E-state index in [0.717, 1.165) is 54.7 Å². The Morgan fingerprint density at radius 1 is 1.26 bits per heavy atom. The van der Waals surface area contributed by atoms with E-state index in [1.807, 2.05) is 10.3 Å². The molecule has 122 valence electrons. The van der Waals surface area contributed by atoms with Crippen molar-refractivity contribution in [2.24, 2.45) is 5.92 Å². The van der Waals surface area contributed by atoms with Crippen molar-refractivity contribution >= 4 is 33.3 Å². The lowest BCUT2D eigenvalue weighted by Crippen LogP contribution is -2.51. The van der Waals surface area contributed by atoms with Gasteiger partial charge >= 0.3 is 0 Å². The van der Waals surface area contributed by atoms with Gasteiger partial charge in [0, 0.05) is 26.2 Å². The van der Waals surface area contributed by atoms with Crippen LogP contribution in [0.1, 0.15) is 12.8 Å². The zero-order valence-electron chi connectivity index (χ0n) is 13.1. The van der Waals surface area contributed by atoms with Crippen molar-refractivity contribution in [1.29, 1.82) is 0 Å². The fourth-order valence-corrected chi connectivity index (χ4v) is 3.74. The number of aromatic nitrogens is 2. The van der Waals surface area contributed by atoms with Crippen LogP contribution in [0.3, 0.4) is 0 Å². The second-order valence-electron chi connectivity index (χ2n) is 6.28. The summed E-state index contributed by atoms with van der Waals surface area (Å²) in [5.74, 6) is 2.02. The first-order valence-electron chi connectivity index (χ1n) is 8.23. The molecule has 23 heavy (non-hydrogen) atoms. The molecule has 0 atom stereocenters. The summed E-state index contributed by atoms with van der Waals surface area (Å²) < 4.78 is 0. The van der Waals surface area contributed by atoms with Crippen LogP contribution in [0.5, 0.6) is 0 Å². The Balaban J connectivity index is 1.33. The lowest BCUT2D eigenvalue weighted by atomic mass is 10.2. The summed E-state index contributed by atoms with van der Waals surface area (Å²) in [6, 6.07) is 2.08. The van der Waals surface area contributed by atoms with E-state index in [1.165, 1.54) is 12.8 Å². The lowest BCUT2D eigenvalue weighted by molar-refractivity contribution is -0.130. The number of piperazine rings is 1. The van der Waals surface area contributed by atoms with Gasteiger partial charge in [-0.25, -0.2) is 9.97 Å². The average molecular weight is 331 g/mol. The first-order chi connectivity index (χ1) is 11.3. The molecule has 1 N–H and O–H groups in total. The van der Waals surface area contributed by atoms with Crippen LogP contribution >= 0.6 is 11.3 Å². The van der Waals surface area contributed by atoms with Gasteiger partial charge in [-0.15, -0.1) is 11.3 Å². The average Bonchev–Trinajstić information content (AvgIpc) is 3.28. The number of rotatable bonds is 5. The highest BCUT2D eigenvalue weighted by atomic mass is 32.1. The molecule has 4 rings (SSSR count). The van der Waals surface area contributed by atoms with Gasteiger partial charge in [0.05, 0.1) is 11.9 Å². The van der Waals surface area contributed by atoms with Crippen LogP contribution in [0.4, 0.5) is 5.82 Å². The van der Waals surface area contributed by atoms with Crippen LogP contribution in [0.15, 0.2) is 17.8 Å². The topological polar surface area (TPSA) is 61.4 Å². The van der Waals surface area contributed by atoms with Crippen LogP contribution in [0.2, 0.25) is 0 Å². The number of anilines is 1. The molecule has 1 aliphatic carbocycles. The number of hydrogen-bond acceptors (Lipinski definition) is 6. The van der Waals surface area contributed by atoms with Gasteiger partial charge in [-0.2, -0.15) is 0 Å². The van der Waals surface area contributed by atoms with E-state index in [4.69, 9.17) is 0 Å². The quantitative estimate of drug-likeness (QED) is 0.896. The standard InChI is InChI=1S/C16H21N5OS/c22-14(10-17-9-12-1-2-12)20-4-6-21(7-5-20)15-13-3-8-23-16(13)19-11-18-15/h3,8,11-12,17H,1-2,4-7,9-10H2. The number of fused-ring (bicyclic) bond motifs is 1. The summed E-state index contributed by atoms with van der Waals surface area (Å²) in [7, 11) is 0. The zero-order valence-corrected chi connectivity index (χ0v) is 13.9. The maximum absolute atomic E-state index is 12.2. The zero-order chi connectivity index (χ0) is 15.6. The molecule has 1 aliphatic heterocycles. The molecule has 1 amide bonds. The van der Waals surface area contributed by atoms with Crippen LogP contribution in [-0.4, -0.2) is 60.0 Å². The number of hydrogen-bond donors (Lipinski definition) is 1. The minimum atomic E-state index is 0.216. The SMILES string of the molecule is O=C(CNCC1CC1)N1CCN(c2ncnc3sccc23)CC1. The van der Waals surface area contributed by atoms with Crippen molar-refractivity contribution in [1.82, 2.24) is 20.2 Å². The maximum atomic E-state index is 12.2. The fourth-order valence-electron chi connectivity index (χ4n) is 3.01. The molecule has 0 unspecified atom stereocenters. The van der Waals surface area contributed by atoms with E-state index >= 15 is 0 Å². The van der Waals surface area contributed by atoms with E-state index in [2.05, 4.69) is 26.3 Å². The van der Waals surface area contributed by atoms with Gasteiger partial charge in [0.15, 0.2) is 0 Å². The minimum Gasteiger partial charge on any atom is -0.352 e. The summed E-state index contributed by atoms with van der Waals surface area (Å²) in [5, 5.41) is 6.45. The molecule has 2 aromatic rings. The maximum Gasteiger partial charge on any atom is 0.236 e. The van der Waals surface area contributed by atoms with Gasteiger partial charge in [0.25, 0.3) is 0 Å². The predicted octanol–water partition coefficient (Wildman–Crippen LogP) is 1.34. The number of thiophene rings is 1. The molecule has 2 fully saturated rings. The molecular formula is C16H21N5OS. The Morgan fingerprint density at radius 3 is 2.87 bits per heavy atom. The number of carbonyl (C=O) groups excluding carboxylic acids is 1. The number of nitrogens with zero attached hydrogens (tertiary/aromatic N) is 4. The van der Waals surface area contributed by atoms with E-state index in [-0.39, 0.29) is 5.91 Å². The van der Waals surface area contributed by atoms with Gasteiger partial charge in [-0.3, -0.25) is 4.79 Å². The molecule has 2 aromatic heterocycles. The molecule has 6 nitrogen and oxygen atoms in total. The molecular weight excluding hydrogens is 310 g/mol. The van der Waals surface area contributed by atoms with E-state index < -0.39 is 0 Å². The molecule has 3 heterocycles. The molecule has 1 saturated carbocycles. The molecule has 1 saturated heterocycles. The van der Waals surface area contributed by atoms with Crippen molar-refractivity contribution in [3.63, 3.8) is 0 Å². The van der Waals surface area contributed by atoms with Crippen molar-refractivity contribution < 1.29 is 4.79 Å². The third-order valence-corrected chi connectivity index (χ3v) is 5.40. The highest BCUT2D eigenvalue weighted by Gasteiger charge is 2.24. The predicted molar refractivity (Wildman–Crippen MR) is 91.8 cm³/mol. The number of carbonyl (C=O) groups is 1. The van der Waals surface area contributed by atoms with E-state index in [1.54, 1.807) is 17.7 Å². The monoisotopic (exact) mass is 331 g/mol. The minimum absolute atomic E-state index is 0.216. The highest BCUT2D eigenvalue weighted by molar-refractivity contribution is 7.16. The van der Waals surface area contributed by atoms with Gasteiger partial charge in [-0.1, -0.05) is 0 Å². The summed E-state index contributed by atoms with van der Waals surface area (Å²) in [6.45, 7) is 4.65. The Hall–Kier alpha value is -1.73. The van der Waals surface area contributed by atoms with Crippen LogP contribution < -0.4 is 10.2 Å². The normalized spacial score (nSPS) is 18.6. The molecule has 0 spiro atoms. The van der Waals surface area contributed by atoms with E-state index in [9.17, 15) is 4.79 Å². The Morgan fingerprint density at radius 2 is 2.09 bits per heavy atom. The largest absolute Gasteiger partial charge is 0.352 e. The Bertz CT molecular complexity index is 691. The molecule has 0 radical (unpaired) electrons. The Kier molecular flexibility index (Phi) is 4.13. The Labute approximate surface area is 139 Å². The van der Waals surface area contributed by atoms with Crippen molar-refractivity contribution in [3.05, 3.63) is 17.8 Å². The van der Waals surface area contributed by atoms with Crippen molar-refractivity contribution in [2.45, 2.75) is 12.8 Å². The third-order valence-electron chi connectivity index (χ3n) is 4.58. The smallest absolute Gasteiger partial charge is 0.236 e. The summed E-state index contributed by atoms with van der Waals surface area (Å²) in [5.41, 5.74) is 0. The second kappa shape index (κ2) is 6.41.